The second-order valence-electron chi connectivity index (χ2n) is 4.08. The summed E-state index contributed by atoms with van der Waals surface area (Å²) < 4.78 is 36.9. The van der Waals surface area contributed by atoms with Crippen molar-refractivity contribution >= 4 is 21.6 Å². The SMILES string of the molecule is COC[C@H](CCO)NS(=O)(=O)c1cc(OC)ccc1Cl. The Morgan fingerprint density at radius 1 is 1.40 bits per heavy atom. The molecule has 1 aromatic rings. The van der Waals surface area contributed by atoms with Gasteiger partial charge in [-0.1, -0.05) is 11.6 Å². The van der Waals surface area contributed by atoms with Gasteiger partial charge in [0.1, 0.15) is 10.6 Å². The van der Waals surface area contributed by atoms with Crippen LogP contribution in [-0.4, -0.2) is 47.0 Å². The van der Waals surface area contributed by atoms with Crippen LogP contribution in [0, 0.1) is 0 Å². The molecule has 6 nitrogen and oxygen atoms in total. The van der Waals surface area contributed by atoms with Crippen molar-refractivity contribution in [3.05, 3.63) is 23.2 Å². The summed E-state index contributed by atoms with van der Waals surface area (Å²) in [5, 5.41) is 9.03. The van der Waals surface area contributed by atoms with E-state index in [1.54, 1.807) is 6.07 Å². The molecule has 0 bridgehead atoms. The molecule has 2 N–H and O–H groups in total. The fourth-order valence-corrected chi connectivity index (χ4v) is 3.40. The fourth-order valence-electron chi connectivity index (χ4n) is 1.63. The lowest BCUT2D eigenvalue weighted by Crippen LogP contribution is -2.38. The van der Waals surface area contributed by atoms with Crippen molar-refractivity contribution in [3.8, 4) is 5.75 Å². The summed E-state index contributed by atoms with van der Waals surface area (Å²) in [6.45, 7) is 0.00374. The number of aliphatic hydroxyl groups is 1. The Morgan fingerprint density at radius 3 is 2.65 bits per heavy atom. The van der Waals surface area contributed by atoms with Crippen molar-refractivity contribution in [2.75, 3.05) is 27.4 Å². The number of aliphatic hydroxyl groups excluding tert-OH is 1. The number of halogens is 1. The summed E-state index contributed by atoms with van der Waals surface area (Å²) in [6, 6.07) is 3.83. The zero-order chi connectivity index (χ0) is 15.2. The summed E-state index contributed by atoms with van der Waals surface area (Å²) in [6.07, 6.45) is 0.245. The zero-order valence-electron chi connectivity index (χ0n) is 11.3. The van der Waals surface area contributed by atoms with Gasteiger partial charge in [-0.3, -0.25) is 0 Å². The summed E-state index contributed by atoms with van der Waals surface area (Å²) in [5.74, 6) is 0.389. The summed E-state index contributed by atoms with van der Waals surface area (Å²) in [7, 11) is -0.928. The highest BCUT2D eigenvalue weighted by atomic mass is 35.5. The van der Waals surface area contributed by atoms with Gasteiger partial charge in [0.25, 0.3) is 0 Å². The third kappa shape index (κ3) is 4.60. The molecule has 0 saturated heterocycles. The van der Waals surface area contributed by atoms with Gasteiger partial charge in [-0.2, -0.15) is 0 Å². The van der Waals surface area contributed by atoms with E-state index in [1.807, 2.05) is 0 Å². The van der Waals surface area contributed by atoms with E-state index in [4.69, 9.17) is 26.2 Å². The van der Waals surface area contributed by atoms with Crippen molar-refractivity contribution in [2.45, 2.75) is 17.4 Å². The predicted octanol–water partition coefficient (Wildman–Crippen LogP) is 1.02. The Kier molecular flexibility index (Phi) is 6.70. The number of rotatable bonds is 8. The first-order valence-electron chi connectivity index (χ1n) is 5.90. The van der Waals surface area contributed by atoms with Crippen LogP contribution in [0.15, 0.2) is 23.1 Å². The molecule has 0 radical (unpaired) electrons. The van der Waals surface area contributed by atoms with Crippen LogP contribution in [-0.2, 0) is 14.8 Å². The Hall–Kier alpha value is -0.860. The first-order valence-corrected chi connectivity index (χ1v) is 7.76. The maximum atomic E-state index is 12.3. The van der Waals surface area contributed by atoms with Crippen LogP contribution in [0.2, 0.25) is 5.02 Å². The van der Waals surface area contributed by atoms with E-state index in [-0.39, 0.29) is 29.6 Å². The Labute approximate surface area is 123 Å². The number of hydrogen-bond donors (Lipinski definition) is 2. The molecule has 0 spiro atoms. The minimum absolute atomic E-state index is 0.0717. The molecule has 0 heterocycles. The van der Waals surface area contributed by atoms with Gasteiger partial charge >= 0.3 is 0 Å². The maximum absolute atomic E-state index is 12.3. The number of benzene rings is 1. The van der Waals surface area contributed by atoms with Crippen molar-refractivity contribution < 1.29 is 23.0 Å². The highest BCUT2D eigenvalue weighted by molar-refractivity contribution is 7.89. The predicted molar refractivity (Wildman–Crippen MR) is 75.7 cm³/mol. The molecular formula is C12H18ClNO5S. The van der Waals surface area contributed by atoms with Crippen molar-refractivity contribution in [1.29, 1.82) is 0 Å². The van der Waals surface area contributed by atoms with Gasteiger partial charge in [0.15, 0.2) is 0 Å². The molecule has 20 heavy (non-hydrogen) atoms. The minimum Gasteiger partial charge on any atom is -0.497 e. The molecule has 1 rings (SSSR count). The molecule has 114 valence electrons. The Bertz CT molecular complexity index is 529. The van der Waals surface area contributed by atoms with E-state index in [0.717, 1.165) is 0 Å². The Balaban J connectivity index is 3.03. The normalized spacial score (nSPS) is 13.2. The van der Waals surface area contributed by atoms with Crippen LogP contribution in [0.25, 0.3) is 0 Å². The standard InChI is InChI=1S/C12H18ClNO5S/c1-18-8-9(5-6-15)14-20(16,17)12-7-10(19-2)3-4-11(12)13/h3-4,7,9,14-15H,5-6,8H2,1-2H3/t9-/m0/s1. The maximum Gasteiger partial charge on any atom is 0.242 e. The number of ether oxygens (including phenoxy) is 2. The van der Waals surface area contributed by atoms with Gasteiger partial charge in [-0.25, -0.2) is 13.1 Å². The average Bonchev–Trinajstić information content (AvgIpc) is 2.39. The van der Waals surface area contributed by atoms with Crippen molar-refractivity contribution in [2.24, 2.45) is 0 Å². The first-order chi connectivity index (χ1) is 9.44. The molecule has 1 atom stereocenters. The number of sulfonamides is 1. The molecular weight excluding hydrogens is 306 g/mol. The summed E-state index contributed by atoms with van der Waals surface area (Å²) in [4.78, 5) is -0.0717. The van der Waals surface area contributed by atoms with Crippen LogP contribution >= 0.6 is 11.6 Å². The second kappa shape index (κ2) is 7.80. The molecule has 0 fully saturated rings. The number of methoxy groups -OCH3 is 2. The minimum atomic E-state index is -3.82. The van der Waals surface area contributed by atoms with Crippen LogP contribution in [0.5, 0.6) is 5.75 Å². The lowest BCUT2D eigenvalue weighted by atomic mass is 10.2. The van der Waals surface area contributed by atoms with E-state index < -0.39 is 16.1 Å². The van der Waals surface area contributed by atoms with E-state index in [2.05, 4.69) is 4.72 Å². The second-order valence-corrected chi connectivity index (χ2v) is 6.17. The molecule has 0 aliphatic rings. The van der Waals surface area contributed by atoms with Crippen molar-refractivity contribution in [1.82, 2.24) is 4.72 Å². The van der Waals surface area contributed by atoms with Crippen molar-refractivity contribution in [3.63, 3.8) is 0 Å². The molecule has 1 aromatic carbocycles. The summed E-state index contributed by atoms with van der Waals surface area (Å²) >= 11 is 5.92. The quantitative estimate of drug-likeness (QED) is 0.746. The lowest BCUT2D eigenvalue weighted by Gasteiger charge is -2.17. The van der Waals surface area contributed by atoms with Gasteiger partial charge in [-0.05, 0) is 18.6 Å². The van der Waals surface area contributed by atoms with Gasteiger partial charge in [0.2, 0.25) is 10.0 Å². The molecule has 0 unspecified atom stereocenters. The molecule has 8 heteroatoms. The number of nitrogens with one attached hydrogen (secondary N) is 1. The molecule has 0 aliphatic carbocycles. The largest absolute Gasteiger partial charge is 0.497 e. The third-order valence-corrected chi connectivity index (χ3v) is 4.60. The molecule has 0 aromatic heterocycles. The fraction of sp³-hybridized carbons (Fsp3) is 0.500. The molecule has 0 saturated carbocycles. The van der Waals surface area contributed by atoms with E-state index in [9.17, 15) is 8.42 Å². The van der Waals surface area contributed by atoms with Crippen LogP contribution in [0.3, 0.4) is 0 Å². The smallest absolute Gasteiger partial charge is 0.242 e. The summed E-state index contributed by atoms with van der Waals surface area (Å²) in [5.41, 5.74) is 0. The monoisotopic (exact) mass is 323 g/mol. The van der Waals surface area contributed by atoms with Crippen LogP contribution < -0.4 is 9.46 Å². The average molecular weight is 324 g/mol. The first kappa shape index (κ1) is 17.2. The molecule has 0 amide bonds. The van der Waals surface area contributed by atoms with Gasteiger partial charge in [-0.15, -0.1) is 0 Å². The van der Waals surface area contributed by atoms with E-state index in [1.165, 1.54) is 26.4 Å². The third-order valence-electron chi connectivity index (χ3n) is 2.60. The van der Waals surface area contributed by atoms with E-state index in [0.29, 0.717) is 5.75 Å². The lowest BCUT2D eigenvalue weighted by molar-refractivity contribution is 0.158. The number of hydrogen-bond acceptors (Lipinski definition) is 5. The van der Waals surface area contributed by atoms with Crippen LogP contribution in [0.1, 0.15) is 6.42 Å². The zero-order valence-corrected chi connectivity index (χ0v) is 12.9. The highest BCUT2D eigenvalue weighted by Gasteiger charge is 2.23. The van der Waals surface area contributed by atoms with Gasteiger partial charge in [0, 0.05) is 25.8 Å². The van der Waals surface area contributed by atoms with Gasteiger partial charge in [0.05, 0.1) is 18.7 Å². The topological polar surface area (TPSA) is 84.9 Å². The van der Waals surface area contributed by atoms with Gasteiger partial charge < -0.3 is 14.6 Å². The Morgan fingerprint density at radius 2 is 2.10 bits per heavy atom. The molecule has 0 aliphatic heterocycles. The van der Waals surface area contributed by atoms with E-state index >= 15 is 0 Å². The highest BCUT2D eigenvalue weighted by Crippen LogP contribution is 2.26. The van der Waals surface area contributed by atoms with Crippen LogP contribution in [0.4, 0.5) is 0 Å².